The maximum atomic E-state index is 12.7. The van der Waals surface area contributed by atoms with Crippen LogP contribution in [0.1, 0.15) is 42.6 Å². The number of hydrogen-bond donors (Lipinski definition) is 2. The average molecular weight is 341 g/mol. The molecule has 0 spiro atoms. The number of carbonyl (C=O) groups is 1. The van der Waals surface area contributed by atoms with Crippen LogP contribution in [0.5, 0.6) is 0 Å². The summed E-state index contributed by atoms with van der Waals surface area (Å²) in [5.74, 6) is -0.0147. The number of fused-ring (bicyclic) bond motifs is 1. The summed E-state index contributed by atoms with van der Waals surface area (Å²) in [6.45, 7) is 4.56. The Labute approximate surface area is 148 Å². The summed E-state index contributed by atoms with van der Waals surface area (Å²) in [7, 11) is 0. The molecule has 1 amide bonds. The van der Waals surface area contributed by atoms with E-state index in [1.807, 2.05) is 30.3 Å². The minimum absolute atomic E-state index is 0.0147. The van der Waals surface area contributed by atoms with E-state index in [4.69, 9.17) is 4.74 Å². The summed E-state index contributed by atoms with van der Waals surface area (Å²) in [5.41, 5.74) is 1.70. The molecule has 2 N–H and O–H groups in total. The number of ether oxygens (including phenoxy) is 1. The van der Waals surface area contributed by atoms with Gasteiger partial charge >= 0.3 is 0 Å². The highest BCUT2D eigenvalue weighted by atomic mass is 16.5. The van der Waals surface area contributed by atoms with Crippen LogP contribution < -0.4 is 5.32 Å². The number of aromatic amines is 1. The summed E-state index contributed by atoms with van der Waals surface area (Å²) in [6, 6.07) is 9.93. The number of carbonyl (C=O) groups excluding carboxylic acids is 1. The van der Waals surface area contributed by atoms with Gasteiger partial charge in [0.05, 0.1) is 0 Å². The number of nitrogens with one attached hydrogen (secondary N) is 2. The van der Waals surface area contributed by atoms with E-state index in [1.54, 1.807) is 0 Å². The Bertz CT molecular complexity index is 694. The highest BCUT2D eigenvalue weighted by Gasteiger charge is 2.39. The lowest BCUT2D eigenvalue weighted by molar-refractivity contribution is -0.0349. The second kappa shape index (κ2) is 7.18. The smallest absolute Gasteiger partial charge is 0.267 e. The monoisotopic (exact) mass is 341 g/mol. The number of H-pyrrole nitrogens is 1. The summed E-state index contributed by atoms with van der Waals surface area (Å²) in [5, 5.41) is 4.27. The quantitative estimate of drug-likeness (QED) is 0.899. The topological polar surface area (TPSA) is 57.4 Å². The van der Waals surface area contributed by atoms with E-state index < -0.39 is 0 Å². The van der Waals surface area contributed by atoms with Crippen LogP contribution in [0.3, 0.4) is 0 Å². The molecule has 0 aliphatic carbocycles. The molecule has 0 saturated carbocycles. The van der Waals surface area contributed by atoms with Crippen LogP contribution >= 0.6 is 0 Å². The molecule has 2 aromatic rings. The molecule has 0 atom stereocenters. The van der Waals surface area contributed by atoms with Crippen LogP contribution in [0.25, 0.3) is 10.9 Å². The third-order valence-electron chi connectivity index (χ3n) is 5.80. The van der Waals surface area contributed by atoms with Gasteiger partial charge in [-0.1, -0.05) is 24.6 Å². The van der Waals surface area contributed by atoms with Crippen LogP contribution in [-0.2, 0) is 4.74 Å². The first-order valence-electron chi connectivity index (χ1n) is 9.46. The molecule has 2 fully saturated rings. The number of rotatable bonds is 4. The van der Waals surface area contributed by atoms with Crippen molar-refractivity contribution in [3.8, 4) is 0 Å². The number of piperidine rings is 1. The lowest BCUT2D eigenvalue weighted by Crippen LogP contribution is -2.59. The zero-order valence-corrected chi connectivity index (χ0v) is 14.7. The number of benzene rings is 1. The fourth-order valence-electron chi connectivity index (χ4n) is 4.26. The van der Waals surface area contributed by atoms with Crippen molar-refractivity contribution in [3.05, 3.63) is 36.0 Å². The molecule has 2 saturated heterocycles. The van der Waals surface area contributed by atoms with Gasteiger partial charge in [0.1, 0.15) is 5.69 Å². The van der Waals surface area contributed by atoms with Crippen LogP contribution in [0.15, 0.2) is 30.3 Å². The van der Waals surface area contributed by atoms with E-state index in [1.165, 1.54) is 19.3 Å². The van der Waals surface area contributed by atoms with Crippen molar-refractivity contribution in [2.75, 3.05) is 32.8 Å². The standard InChI is InChI=1S/C20H27N3O2/c24-19(18-14-16-6-2-3-7-17(16)22-18)21-15-20(8-12-25-13-9-20)23-10-4-1-5-11-23/h2-3,6-7,14,22H,1,4-5,8-13,15H2,(H,21,24). The number of amides is 1. The highest BCUT2D eigenvalue weighted by molar-refractivity contribution is 5.98. The Kier molecular flexibility index (Phi) is 4.77. The normalized spacial score (nSPS) is 21.3. The number of hydrogen-bond acceptors (Lipinski definition) is 3. The molecule has 2 aliphatic heterocycles. The molecular weight excluding hydrogens is 314 g/mol. The van der Waals surface area contributed by atoms with Crippen molar-refractivity contribution in [1.29, 1.82) is 0 Å². The minimum Gasteiger partial charge on any atom is -0.381 e. The van der Waals surface area contributed by atoms with E-state index in [0.29, 0.717) is 12.2 Å². The Morgan fingerprint density at radius 3 is 2.68 bits per heavy atom. The van der Waals surface area contributed by atoms with Gasteiger partial charge in [-0.15, -0.1) is 0 Å². The maximum Gasteiger partial charge on any atom is 0.267 e. The molecule has 1 aromatic carbocycles. The minimum atomic E-state index is -0.0147. The van der Waals surface area contributed by atoms with Gasteiger partial charge in [-0.25, -0.2) is 0 Å². The van der Waals surface area contributed by atoms with E-state index in [0.717, 1.165) is 50.0 Å². The molecule has 2 aliphatic rings. The highest BCUT2D eigenvalue weighted by Crippen LogP contribution is 2.30. The van der Waals surface area contributed by atoms with Crippen LogP contribution in [-0.4, -0.2) is 54.2 Å². The van der Waals surface area contributed by atoms with Crippen molar-refractivity contribution in [2.24, 2.45) is 0 Å². The Morgan fingerprint density at radius 1 is 1.16 bits per heavy atom. The third kappa shape index (κ3) is 3.44. The first-order valence-corrected chi connectivity index (χ1v) is 9.46. The molecule has 0 unspecified atom stereocenters. The number of aromatic nitrogens is 1. The summed E-state index contributed by atoms with van der Waals surface area (Å²) in [6.07, 6.45) is 5.85. The van der Waals surface area contributed by atoms with Crippen molar-refractivity contribution >= 4 is 16.8 Å². The number of para-hydroxylation sites is 1. The molecule has 0 bridgehead atoms. The maximum absolute atomic E-state index is 12.7. The fraction of sp³-hybridized carbons (Fsp3) is 0.550. The van der Waals surface area contributed by atoms with Gasteiger partial charge in [-0.3, -0.25) is 9.69 Å². The van der Waals surface area contributed by atoms with Crippen molar-refractivity contribution in [2.45, 2.75) is 37.6 Å². The molecule has 1 aromatic heterocycles. The lowest BCUT2D eigenvalue weighted by atomic mass is 9.86. The molecule has 3 heterocycles. The Morgan fingerprint density at radius 2 is 1.92 bits per heavy atom. The fourth-order valence-corrected chi connectivity index (χ4v) is 4.26. The molecule has 5 nitrogen and oxygen atoms in total. The average Bonchev–Trinajstić information content (AvgIpc) is 3.12. The second-order valence-corrected chi connectivity index (χ2v) is 7.34. The largest absolute Gasteiger partial charge is 0.381 e. The van der Waals surface area contributed by atoms with Crippen LogP contribution in [0, 0.1) is 0 Å². The van der Waals surface area contributed by atoms with Gasteiger partial charge in [0, 0.05) is 36.2 Å². The van der Waals surface area contributed by atoms with E-state index >= 15 is 0 Å². The molecule has 134 valence electrons. The number of nitrogens with zero attached hydrogens (tertiary/aromatic N) is 1. The molecule has 25 heavy (non-hydrogen) atoms. The second-order valence-electron chi connectivity index (χ2n) is 7.34. The SMILES string of the molecule is O=C(NCC1(N2CCCCC2)CCOCC1)c1cc2ccccc2[nH]1. The van der Waals surface area contributed by atoms with Crippen molar-refractivity contribution in [1.82, 2.24) is 15.2 Å². The predicted molar refractivity (Wildman–Crippen MR) is 98.8 cm³/mol. The summed E-state index contributed by atoms with van der Waals surface area (Å²) in [4.78, 5) is 18.5. The van der Waals surface area contributed by atoms with Crippen molar-refractivity contribution < 1.29 is 9.53 Å². The van der Waals surface area contributed by atoms with Gasteiger partial charge in [0.25, 0.3) is 5.91 Å². The lowest BCUT2D eigenvalue weighted by Gasteiger charge is -2.48. The van der Waals surface area contributed by atoms with Crippen LogP contribution in [0.4, 0.5) is 0 Å². The van der Waals surface area contributed by atoms with Crippen molar-refractivity contribution in [3.63, 3.8) is 0 Å². The first kappa shape index (κ1) is 16.6. The van der Waals surface area contributed by atoms with Crippen LogP contribution in [0.2, 0.25) is 0 Å². The zero-order chi connectivity index (χ0) is 17.1. The molecular formula is C20H27N3O2. The molecule has 0 radical (unpaired) electrons. The van der Waals surface area contributed by atoms with Gasteiger partial charge in [0.15, 0.2) is 0 Å². The van der Waals surface area contributed by atoms with E-state index in [-0.39, 0.29) is 11.4 Å². The predicted octanol–water partition coefficient (Wildman–Crippen LogP) is 2.93. The van der Waals surface area contributed by atoms with Gasteiger partial charge in [-0.2, -0.15) is 0 Å². The Balaban J connectivity index is 1.47. The number of likely N-dealkylation sites (tertiary alicyclic amines) is 1. The van der Waals surface area contributed by atoms with E-state index in [9.17, 15) is 4.79 Å². The summed E-state index contributed by atoms with van der Waals surface area (Å²) >= 11 is 0. The first-order chi connectivity index (χ1) is 12.3. The zero-order valence-electron chi connectivity index (χ0n) is 14.7. The van der Waals surface area contributed by atoms with E-state index in [2.05, 4.69) is 15.2 Å². The van der Waals surface area contributed by atoms with Gasteiger partial charge in [0.2, 0.25) is 0 Å². The molecule has 5 heteroatoms. The Hall–Kier alpha value is -1.85. The van der Waals surface area contributed by atoms with Gasteiger partial charge < -0.3 is 15.0 Å². The molecule has 4 rings (SSSR count). The third-order valence-corrected chi connectivity index (χ3v) is 5.80. The summed E-state index contributed by atoms with van der Waals surface area (Å²) < 4.78 is 5.60. The van der Waals surface area contributed by atoms with Gasteiger partial charge in [-0.05, 0) is 50.9 Å².